The molecule has 71 heavy (non-hydrogen) atoms. The maximum absolute atomic E-state index is 6.32. The molecular weight excluding hydrogens is 885 g/mol. The molecule has 3 aromatic heterocycles. The number of fused-ring (bicyclic) bond motifs is 15. The number of hydrogen-bond donors (Lipinski definition) is 0. The summed E-state index contributed by atoms with van der Waals surface area (Å²) in [5.74, 6) is 0.870. The zero-order valence-electron chi connectivity index (χ0n) is 39.9. The summed E-state index contributed by atoms with van der Waals surface area (Å²) >= 11 is 1.88. The quantitative estimate of drug-likeness (QED) is 0.142. The second-order valence-electron chi connectivity index (χ2n) is 19.6. The number of furan rings is 2. The van der Waals surface area contributed by atoms with Crippen molar-refractivity contribution in [2.24, 2.45) is 0 Å². The molecule has 0 unspecified atom stereocenters. The number of benzene rings is 11. The fourth-order valence-electron chi connectivity index (χ4n) is 11.1. The first-order valence-corrected chi connectivity index (χ1v) is 25.5. The molecule has 0 spiro atoms. The molecule has 0 atom stereocenters. The SMILES string of the molecule is CC(C)c1ccc(N(c2ccc3oc4ccccc4c3c2)c2ccc3c(c2)c2ccccc2c2cc4c(cc32)sc2c(N(c3ccc(C(C)C)cc3)c3ccc5oc6ccccc6c5c3)cccc24)cc1. The Balaban J connectivity index is 0.966. The number of thiophene rings is 1. The lowest BCUT2D eigenvalue weighted by Crippen LogP contribution is -2.10. The molecule has 340 valence electrons. The molecule has 11 aromatic carbocycles. The van der Waals surface area contributed by atoms with E-state index in [4.69, 9.17) is 8.83 Å². The molecule has 0 N–H and O–H groups in total. The maximum atomic E-state index is 6.32. The number of hydrogen-bond acceptors (Lipinski definition) is 5. The van der Waals surface area contributed by atoms with Gasteiger partial charge in [0.05, 0.1) is 10.4 Å². The van der Waals surface area contributed by atoms with Crippen LogP contribution in [0, 0.1) is 0 Å². The van der Waals surface area contributed by atoms with Crippen molar-refractivity contribution in [1.82, 2.24) is 0 Å². The molecule has 0 fully saturated rings. The third-order valence-electron chi connectivity index (χ3n) is 14.8. The monoisotopic (exact) mass is 932 g/mol. The zero-order valence-corrected chi connectivity index (χ0v) is 40.7. The standard InChI is InChI=1S/C66H48N2O2S/c1-39(2)41-20-24-43(25-21-41)67(46-29-32-63-57(35-46)51-14-7-9-18-61(51)69-63)45-28-31-50-54(34-45)48-12-5-6-13-49(48)55-37-59-53-16-11-17-60(66(53)71-65(59)38-56(50)55)68(44-26-22-42(23-27-44)40(3)4)47-30-33-64-58(36-47)52-15-8-10-19-62(52)70-64/h5-40H,1-4H3. The van der Waals surface area contributed by atoms with Crippen LogP contribution in [0.25, 0.3) is 96.4 Å². The average Bonchev–Trinajstić information content (AvgIpc) is 4.10. The van der Waals surface area contributed by atoms with E-state index in [1.54, 1.807) is 0 Å². The van der Waals surface area contributed by atoms with Crippen molar-refractivity contribution >= 4 is 142 Å². The average molecular weight is 933 g/mol. The summed E-state index contributed by atoms with van der Waals surface area (Å²) in [6.07, 6.45) is 0. The van der Waals surface area contributed by atoms with E-state index >= 15 is 0 Å². The van der Waals surface area contributed by atoms with Crippen molar-refractivity contribution < 1.29 is 8.83 Å². The summed E-state index contributed by atoms with van der Waals surface area (Å²) in [6.45, 7) is 9.01. The Morgan fingerprint density at radius 3 is 1.31 bits per heavy atom. The summed E-state index contributed by atoms with van der Waals surface area (Å²) in [6, 6.07) is 75.8. The molecule has 14 rings (SSSR count). The Morgan fingerprint density at radius 2 is 0.732 bits per heavy atom. The Morgan fingerprint density at radius 1 is 0.310 bits per heavy atom. The molecule has 0 saturated carbocycles. The second-order valence-corrected chi connectivity index (χ2v) is 20.7. The van der Waals surface area contributed by atoms with Crippen LogP contribution >= 0.6 is 11.3 Å². The summed E-state index contributed by atoms with van der Waals surface area (Å²) in [4.78, 5) is 4.83. The minimum absolute atomic E-state index is 0.435. The highest BCUT2D eigenvalue weighted by molar-refractivity contribution is 7.26. The minimum atomic E-state index is 0.435. The summed E-state index contributed by atoms with van der Waals surface area (Å²) in [5, 5.41) is 14.4. The van der Waals surface area contributed by atoms with E-state index in [0.717, 1.165) is 78.0 Å². The number of nitrogens with zero attached hydrogens (tertiary/aromatic N) is 2. The lowest BCUT2D eigenvalue weighted by atomic mass is 9.92. The first-order valence-electron chi connectivity index (χ1n) is 24.7. The molecule has 5 heteroatoms. The predicted octanol–water partition coefficient (Wildman–Crippen LogP) is 20.5. The smallest absolute Gasteiger partial charge is 0.135 e. The maximum Gasteiger partial charge on any atom is 0.135 e. The fraction of sp³-hybridized carbons (Fsp3) is 0.0909. The first kappa shape index (κ1) is 41.6. The van der Waals surface area contributed by atoms with Crippen molar-refractivity contribution in [3.63, 3.8) is 0 Å². The van der Waals surface area contributed by atoms with E-state index in [1.807, 2.05) is 29.5 Å². The first-order chi connectivity index (χ1) is 34.8. The Hall–Kier alpha value is -8.38. The van der Waals surface area contributed by atoms with Gasteiger partial charge in [-0.1, -0.05) is 131 Å². The van der Waals surface area contributed by atoms with E-state index < -0.39 is 0 Å². The van der Waals surface area contributed by atoms with Gasteiger partial charge in [-0.25, -0.2) is 0 Å². The Labute approximate surface area is 415 Å². The van der Waals surface area contributed by atoms with Gasteiger partial charge in [-0.15, -0.1) is 11.3 Å². The molecule has 0 aliphatic rings. The van der Waals surface area contributed by atoms with Gasteiger partial charge in [0.2, 0.25) is 0 Å². The molecule has 14 aromatic rings. The van der Waals surface area contributed by atoms with Crippen LogP contribution in [0.1, 0.15) is 50.7 Å². The molecule has 0 aliphatic heterocycles. The van der Waals surface area contributed by atoms with E-state index in [1.165, 1.54) is 63.6 Å². The summed E-state index contributed by atoms with van der Waals surface area (Å²) in [7, 11) is 0. The summed E-state index contributed by atoms with van der Waals surface area (Å²) < 4.78 is 15.1. The Kier molecular flexibility index (Phi) is 9.42. The van der Waals surface area contributed by atoms with Crippen LogP contribution in [0.2, 0.25) is 0 Å². The third-order valence-corrected chi connectivity index (χ3v) is 16.0. The van der Waals surface area contributed by atoms with Crippen molar-refractivity contribution in [2.45, 2.75) is 39.5 Å². The van der Waals surface area contributed by atoms with Gasteiger partial charge in [-0.2, -0.15) is 0 Å². The van der Waals surface area contributed by atoms with Crippen LogP contribution in [0.5, 0.6) is 0 Å². The van der Waals surface area contributed by atoms with Gasteiger partial charge in [0.15, 0.2) is 0 Å². The number of para-hydroxylation sites is 2. The topological polar surface area (TPSA) is 32.8 Å². The van der Waals surface area contributed by atoms with Crippen LogP contribution in [0.4, 0.5) is 34.1 Å². The lowest BCUT2D eigenvalue weighted by molar-refractivity contribution is 0.668. The van der Waals surface area contributed by atoms with Gasteiger partial charge >= 0.3 is 0 Å². The molecular formula is C66H48N2O2S. The zero-order chi connectivity index (χ0) is 47.5. The second kappa shape index (κ2) is 16.1. The molecule has 0 aliphatic carbocycles. The van der Waals surface area contributed by atoms with Crippen LogP contribution in [-0.4, -0.2) is 0 Å². The highest BCUT2D eigenvalue weighted by atomic mass is 32.1. The van der Waals surface area contributed by atoms with Gasteiger partial charge < -0.3 is 18.6 Å². The van der Waals surface area contributed by atoms with Gasteiger partial charge in [0.25, 0.3) is 0 Å². The van der Waals surface area contributed by atoms with Gasteiger partial charge in [0.1, 0.15) is 22.3 Å². The van der Waals surface area contributed by atoms with Gasteiger partial charge in [-0.3, -0.25) is 0 Å². The number of anilines is 6. The van der Waals surface area contributed by atoms with Crippen LogP contribution < -0.4 is 9.80 Å². The molecule has 3 heterocycles. The van der Waals surface area contributed by atoms with Gasteiger partial charge in [-0.05, 0) is 158 Å². The van der Waals surface area contributed by atoms with E-state index in [0.29, 0.717) is 11.8 Å². The normalized spacial score (nSPS) is 12.2. The molecule has 0 amide bonds. The van der Waals surface area contributed by atoms with Crippen molar-refractivity contribution in [1.29, 1.82) is 0 Å². The van der Waals surface area contributed by atoms with E-state index in [-0.39, 0.29) is 0 Å². The van der Waals surface area contributed by atoms with E-state index in [2.05, 4.69) is 226 Å². The molecule has 0 bridgehead atoms. The number of rotatable bonds is 8. The molecule has 4 nitrogen and oxygen atoms in total. The molecule has 0 saturated heterocycles. The molecule has 0 radical (unpaired) electrons. The summed E-state index contributed by atoms with van der Waals surface area (Å²) in [5.41, 5.74) is 12.9. The van der Waals surface area contributed by atoms with Gasteiger partial charge in [0, 0.05) is 65.5 Å². The third kappa shape index (κ3) is 6.64. The fourth-order valence-corrected chi connectivity index (χ4v) is 12.4. The highest BCUT2D eigenvalue weighted by Gasteiger charge is 2.23. The minimum Gasteiger partial charge on any atom is -0.456 e. The van der Waals surface area contributed by atoms with Crippen LogP contribution in [-0.2, 0) is 0 Å². The Bertz CT molecular complexity index is 4420. The lowest BCUT2D eigenvalue weighted by Gasteiger charge is -2.26. The van der Waals surface area contributed by atoms with E-state index in [9.17, 15) is 0 Å². The highest BCUT2D eigenvalue weighted by Crippen LogP contribution is 2.49. The largest absolute Gasteiger partial charge is 0.456 e. The van der Waals surface area contributed by atoms with Crippen molar-refractivity contribution in [3.05, 3.63) is 217 Å². The van der Waals surface area contributed by atoms with Crippen molar-refractivity contribution in [2.75, 3.05) is 9.80 Å². The van der Waals surface area contributed by atoms with Crippen LogP contribution in [0.3, 0.4) is 0 Å². The predicted molar refractivity (Wildman–Crippen MR) is 304 cm³/mol. The van der Waals surface area contributed by atoms with Crippen molar-refractivity contribution in [3.8, 4) is 0 Å². The van der Waals surface area contributed by atoms with Crippen LogP contribution in [0.15, 0.2) is 215 Å².